The van der Waals surface area contributed by atoms with Gasteiger partial charge in [-0.25, -0.2) is 4.98 Å². The smallest absolute Gasteiger partial charge is 0.227 e. The molecule has 0 fully saturated rings. The first-order chi connectivity index (χ1) is 13.6. The van der Waals surface area contributed by atoms with Crippen LogP contribution in [-0.2, 0) is 6.54 Å². The van der Waals surface area contributed by atoms with Crippen molar-refractivity contribution >= 4 is 39.5 Å². The predicted octanol–water partition coefficient (Wildman–Crippen LogP) is 2.77. The van der Waals surface area contributed by atoms with Crippen LogP contribution in [0.4, 0.5) is 17.7 Å². The molecule has 8 nitrogen and oxygen atoms in total. The predicted molar refractivity (Wildman–Crippen MR) is 111 cm³/mol. The number of benzene rings is 2. The number of fused-ring (bicyclic) bond motifs is 2. The molecule has 0 aliphatic carbocycles. The number of aromatic nitrogens is 4. The van der Waals surface area contributed by atoms with Gasteiger partial charge in [-0.2, -0.15) is 15.0 Å². The van der Waals surface area contributed by atoms with Gasteiger partial charge >= 0.3 is 0 Å². The number of rotatable bonds is 5. The van der Waals surface area contributed by atoms with Crippen molar-refractivity contribution in [3.63, 3.8) is 0 Å². The van der Waals surface area contributed by atoms with Gasteiger partial charge in [0.1, 0.15) is 11.6 Å². The third-order valence-corrected chi connectivity index (χ3v) is 4.52. The molecule has 0 spiro atoms. The summed E-state index contributed by atoms with van der Waals surface area (Å²) in [7, 11) is 1.92. The lowest BCUT2D eigenvalue weighted by molar-refractivity contribution is 0.337. The largest absolute Gasteiger partial charge is 0.494 e. The minimum absolute atomic E-state index is 0.0880. The Morgan fingerprint density at radius 3 is 2.64 bits per heavy atom. The summed E-state index contributed by atoms with van der Waals surface area (Å²) in [6.45, 7) is 3.14. The number of nitrogen functional groups attached to an aromatic ring is 2. The average Bonchev–Trinajstić information content (AvgIpc) is 2.69. The Morgan fingerprint density at radius 1 is 1.00 bits per heavy atom. The first-order valence-electron chi connectivity index (χ1n) is 8.97. The zero-order valence-corrected chi connectivity index (χ0v) is 15.8. The number of hydrogen-bond donors (Lipinski definition) is 2. The summed E-state index contributed by atoms with van der Waals surface area (Å²) in [5.74, 6) is 1.72. The highest BCUT2D eigenvalue weighted by Gasteiger charge is 2.15. The van der Waals surface area contributed by atoms with Gasteiger partial charge in [-0.05, 0) is 23.8 Å². The van der Waals surface area contributed by atoms with E-state index in [0.29, 0.717) is 30.1 Å². The number of anilines is 3. The van der Waals surface area contributed by atoms with Crippen LogP contribution in [-0.4, -0.2) is 33.6 Å². The maximum atomic E-state index is 5.88. The topological polar surface area (TPSA) is 116 Å². The van der Waals surface area contributed by atoms with Crippen LogP contribution in [0, 0.1) is 0 Å². The Hall–Kier alpha value is -3.68. The van der Waals surface area contributed by atoms with E-state index in [0.717, 1.165) is 22.1 Å². The van der Waals surface area contributed by atoms with Crippen molar-refractivity contribution in [3.8, 4) is 5.75 Å². The molecule has 28 heavy (non-hydrogen) atoms. The van der Waals surface area contributed by atoms with E-state index in [9.17, 15) is 0 Å². The fraction of sp³-hybridized carbons (Fsp3) is 0.200. The van der Waals surface area contributed by atoms with Crippen LogP contribution >= 0.6 is 0 Å². The van der Waals surface area contributed by atoms with Gasteiger partial charge in [0.25, 0.3) is 0 Å². The van der Waals surface area contributed by atoms with Crippen molar-refractivity contribution in [2.75, 3.05) is 30.0 Å². The molecule has 0 atom stereocenters. The number of nitrogens with zero attached hydrogens (tertiary/aromatic N) is 5. The van der Waals surface area contributed by atoms with Gasteiger partial charge in [0, 0.05) is 25.4 Å². The van der Waals surface area contributed by atoms with E-state index >= 15 is 0 Å². The van der Waals surface area contributed by atoms with Crippen LogP contribution in [0.3, 0.4) is 0 Å². The van der Waals surface area contributed by atoms with Gasteiger partial charge in [0.2, 0.25) is 11.9 Å². The molecular weight excluding hydrogens is 354 g/mol. The second kappa shape index (κ2) is 7.15. The summed E-state index contributed by atoms with van der Waals surface area (Å²) in [5, 5.41) is 2.87. The molecule has 4 aromatic rings. The molecule has 2 aromatic carbocycles. The molecule has 8 heteroatoms. The second-order valence-electron chi connectivity index (χ2n) is 6.43. The fourth-order valence-electron chi connectivity index (χ4n) is 3.21. The maximum Gasteiger partial charge on any atom is 0.227 e. The normalized spacial score (nSPS) is 11.1. The molecule has 2 aromatic heterocycles. The van der Waals surface area contributed by atoms with Gasteiger partial charge in [-0.1, -0.05) is 30.3 Å². The highest BCUT2D eigenvalue weighted by atomic mass is 16.5. The SMILES string of the molecule is CCOc1ccc2ccccc2c1CN(C)c1ncc2c(N)nc(N)nc2n1. The van der Waals surface area contributed by atoms with Gasteiger partial charge in [0.05, 0.1) is 12.0 Å². The van der Waals surface area contributed by atoms with Crippen molar-refractivity contribution in [2.24, 2.45) is 0 Å². The van der Waals surface area contributed by atoms with E-state index in [4.69, 9.17) is 16.2 Å². The summed E-state index contributed by atoms with van der Waals surface area (Å²) >= 11 is 0. The first kappa shape index (κ1) is 17.7. The lowest BCUT2D eigenvalue weighted by atomic mass is 10.0. The molecule has 4 rings (SSSR count). The van der Waals surface area contributed by atoms with Crippen molar-refractivity contribution in [1.29, 1.82) is 0 Å². The third-order valence-electron chi connectivity index (χ3n) is 4.52. The molecule has 0 saturated carbocycles. The Balaban J connectivity index is 1.75. The summed E-state index contributed by atoms with van der Waals surface area (Å²) in [6.07, 6.45) is 1.62. The molecule has 0 amide bonds. The number of ether oxygens (including phenoxy) is 1. The second-order valence-corrected chi connectivity index (χ2v) is 6.43. The molecule has 0 saturated heterocycles. The third kappa shape index (κ3) is 3.20. The van der Waals surface area contributed by atoms with Gasteiger partial charge < -0.3 is 21.1 Å². The van der Waals surface area contributed by atoms with E-state index in [1.807, 2.05) is 37.1 Å². The molecule has 0 radical (unpaired) electrons. The quantitative estimate of drug-likeness (QED) is 0.547. The van der Waals surface area contributed by atoms with Crippen LogP contribution in [0.15, 0.2) is 42.6 Å². The Labute approximate surface area is 162 Å². The van der Waals surface area contributed by atoms with E-state index in [2.05, 4.69) is 38.1 Å². The average molecular weight is 375 g/mol. The van der Waals surface area contributed by atoms with Crippen LogP contribution < -0.4 is 21.1 Å². The summed E-state index contributed by atoms with van der Waals surface area (Å²) < 4.78 is 5.86. The molecule has 0 aliphatic heterocycles. The van der Waals surface area contributed by atoms with Crippen molar-refractivity contribution in [2.45, 2.75) is 13.5 Å². The molecular formula is C20H21N7O. The molecule has 0 aliphatic rings. The van der Waals surface area contributed by atoms with E-state index in [1.165, 1.54) is 0 Å². The Bertz CT molecular complexity index is 1160. The van der Waals surface area contributed by atoms with E-state index in [1.54, 1.807) is 6.20 Å². The minimum atomic E-state index is 0.0880. The number of hydrogen-bond acceptors (Lipinski definition) is 8. The molecule has 142 valence electrons. The van der Waals surface area contributed by atoms with Gasteiger partial charge in [0.15, 0.2) is 5.65 Å². The van der Waals surface area contributed by atoms with E-state index in [-0.39, 0.29) is 11.8 Å². The Morgan fingerprint density at radius 2 is 1.82 bits per heavy atom. The van der Waals surface area contributed by atoms with Crippen molar-refractivity contribution < 1.29 is 4.74 Å². The maximum absolute atomic E-state index is 5.88. The van der Waals surface area contributed by atoms with Crippen LogP contribution in [0.5, 0.6) is 5.75 Å². The van der Waals surface area contributed by atoms with Gasteiger partial charge in [-0.3, -0.25) is 0 Å². The number of nitrogens with two attached hydrogens (primary N) is 2. The lowest BCUT2D eigenvalue weighted by Gasteiger charge is -2.21. The van der Waals surface area contributed by atoms with Crippen LogP contribution in [0.1, 0.15) is 12.5 Å². The minimum Gasteiger partial charge on any atom is -0.494 e. The highest BCUT2D eigenvalue weighted by Crippen LogP contribution is 2.30. The van der Waals surface area contributed by atoms with E-state index < -0.39 is 0 Å². The standard InChI is InChI=1S/C20H21N7O/c1-3-28-16-9-8-12-6-4-5-7-13(12)15(16)11-27(2)20-23-10-14-17(21)24-19(22)25-18(14)26-20/h4-10H,3,11H2,1-2H3,(H4,21,22,23,24,25,26). The zero-order chi connectivity index (χ0) is 19.7. The van der Waals surface area contributed by atoms with Crippen LogP contribution in [0.25, 0.3) is 21.8 Å². The summed E-state index contributed by atoms with van der Waals surface area (Å²) in [6, 6.07) is 12.3. The monoisotopic (exact) mass is 375 g/mol. The van der Waals surface area contributed by atoms with Crippen LogP contribution in [0.2, 0.25) is 0 Å². The zero-order valence-electron chi connectivity index (χ0n) is 15.8. The first-order valence-corrected chi connectivity index (χ1v) is 8.97. The lowest BCUT2D eigenvalue weighted by Crippen LogP contribution is -2.20. The summed E-state index contributed by atoms with van der Waals surface area (Å²) in [5.41, 5.74) is 13.1. The highest BCUT2D eigenvalue weighted by molar-refractivity contribution is 5.88. The molecule has 0 bridgehead atoms. The molecule has 0 unspecified atom stereocenters. The molecule has 2 heterocycles. The van der Waals surface area contributed by atoms with Crippen molar-refractivity contribution in [3.05, 3.63) is 48.2 Å². The summed E-state index contributed by atoms with van der Waals surface area (Å²) in [4.78, 5) is 19.0. The molecule has 4 N–H and O–H groups in total. The fourth-order valence-corrected chi connectivity index (χ4v) is 3.21. The van der Waals surface area contributed by atoms with Gasteiger partial charge in [-0.15, -0.1) is 0 Å². The Kier molecular flexibility index (Phi) is 4.52. The van der Waals surface area contributed by atoms with Crippen molar-refractivity contribution in [1.82, 2.24) is 19.9 Å².